The zero-order valence-electron chi connectivity index (χ0n) is 37.9. The van der Waals surface area contributed by atoms with E-state index in [1.54, 1.807) is 30.9 Å². The summed E-state index contributed by atoms with van der Waals surface area (Å²) >= 11 is 0. The van der Waals surface area contributed by atoms with Crippen LogP contribution in [-0.2, 0) is 44.6 Å². The Balaban J connectivity index is 2.28. The Hall–Kier alpha value is -3.55. The molecule has 0 spiro atoms. The van der Waals surface area contributed by atoms with Crippen molar-refractivity contribution in [1.29, 1.82) is 0 Å². The lowest BCUT2D eigenvalue weighted by Gasteiger charge is -2.41. The molecular formula is C45H77N5O8. The summed E-state index contributed by atoms with van der Waals surface area (Å²) < 4.78 is 17.0. The minimum atomic E-state index is -0.891. The van der Waals surface area contributed by atoms with Gasteiger partial charge in [-0.2, -0.15) is 0 Å². The molecular weight excluding hydrogens is 739 g/mol. The Morgan fingerprint density at radius 2 is 1.52 bits per heavy atom. The van der Waals surface area contributed by atoms with E-state index in [1.165, 1.54) is 14.2 Å². The smallest absolute Gasteiger partial charge is 0.328 e. The van der Waals surface area contributed by atoms with Gasteiger partial charge in [-0.05, 0) is 56.2 Å². The lowest BCUT2D eigenvalue weighted by Crippen LogP contribution is -2.60. The number of amides is 4. The number of methoxy groups -OCH3 is 3. The fourth-order valence-corrected chi connectivity index (χ4v) is 8.53. The van der Waals surface area contributed by atoms with Crippen molar-refractivity contribution < 1.29 is 38.2 Å². The van der Waals surface area contributed by atoms with Crippen LogP contribution in [0, 0.1) is 23.7 Å². The van der Waals surface area contributed by atoms with Crippen molar-refractivity contribution in [3.05, 3.63) is 35.9 Å². The molecule has 330 valence electrons. The molecule has 4 amide bonds. The highest BCUT2D eigenvalue weighted by Crippen LogP contribution is 2.30. The van der Waals surface area contributed by atoms with E-state index >= 15 is 0 Å². The quantitative estimate of drug-likeness (QED) is 0.102. The summed E-state index contributed by atoms with van der Waals surface area (Å²) in [6.07, 6.45) is 4.26. The predicted molar refractivity (Wildman–Crippen MR) is 228 cm³/mol. The monoisotopic (exact) mass is 816 g/mol. The van der Waals surface area contributed by atoms with E-state index in [0.29, 0.717) is 13.0 Å². The Morgan fingerprint density at radius 3 is 2.05 bits per heavy atom. The number of esters is 1. The molecule has 0 unspecified atom stereocenters. The maximum atomic E-state index is 14.4. The van der Waals surface area contributed by atoms with Crippen molar-refractivity contribution in [1.82, 2.24) is 25.3 Å². The molecule has 0 bridgehead atoms. The van der Waals surface area contributed by atoms with Crippen LogP contribution in [-0.4, -0.2) is 135 Å². The van der Waals surface area contributed by atoms with Gasteiger partial charge in [0.05, 0.1) is 49.8 Å². The number of carbonyl (C=O) groups excluding carboxylic acids is 5. The first-order valence-corrected chi connectivity index (χ1v) is 21.5. The lowest BCUT2D eigenvalue weighted by atomic mass is 9.89. The van der Waals surface area contributed by atoms with Gasteiger partial charge in [0.2, 0.25) is 23.6 Å². The molecule has 1 aromatic carbocycles. The van der Waals surface area contributed by atoms with Crippen molar-refractivity contribution in [2.45, 2.75) is 149 Å². The fourth-order valence-electron chi connectivity index (χ4n) is 8.53. The highest BCUT2D eigenvalue weighted by molar-refractivity contribution is 5.90. The van der Waals surface area contributed by atoms with Crippen LogP contribution < -0.4 is 10.6 Å². The Bertz CT molecular complexity index is 1430. The van der Waals surface area contributed by atoms with Gasteiger partial charge in [0.15, 0.2) is 0 Å². The third-order valence-corrected chi connectivity index (χ3v) is 12.1. The molecule has 0 radical (unpaired) electrons. The van der Waals surface area contributed by atoms with Crippen LogP contribution in [0.3, 0.4) is 0 Å². The Kier molecular flexibility index (Phi) is 21.9. The molecule has 1 heterocycles. The highest BCUT2D eigenvalue weighted by Gasteiger charge is 2.43. The summed E-state index contributed by atoms with van der Waals surface area (Å²) in [5.74, 6) is -2.35. The van der Waals surface area contributed by atoms with Gasteiger partial charge in [-0.3, -0.25) is 24.1 Å². The number of likely N-dealkylation sites (N-methyl/N-ethyl adjacent to an activating group) is 2. The van der Waals surface area contributed by atoms with Crippen LogP contribution in [0.25, 0.3) is 0 Å². The molecule has 0 aliphatic carbocycles. The second kappa shape index (κ2) is 25.2. The number of ether oxygens (including phenoxy) is 3. The Morgan fingerprint density at radius 1 is 0.862 bits per heavy atom. The van der Waals surface area contributed by atoms with Crippen molar-refractivity contribution in [2.75, 3.05) is 48.5 Å². The molecule has 2 N–H and O–H groups in total. The normalized spacial score (nSPS) is 18.6. The average molecular weight is 816 g/mol. The summed E-state index contributed by atoms with van der Waals surface area (Å²) in [6.45, 7) is 17.2. The first-order chi connectivity index (χ1) is 27.5. The maximum absolute atomic E-state index is 14.4. The van der Waals surface area contributed by atoms with Crippen LogP contribution in [0.4, 0.5) is 0 Å². The molecule has 1 aliphatic rings. The molecule has 13 heteroatoms. The molecule has 13 nitrogen and oxygen atoms in total. The van der Waals surface area contributed by atoms with E-state index in [0.717, 1.165) is 44.2 Å². The summed E-state index contributed by atoms with van der Waals surface area (Å²) in [4.78, 5) is 74.6. The van der Waals surface area contributed by atoms with Crippen molar-refractivity contribution in [2.24, 2.45) is 23.7 Å². The molecule has 1 saturated heterocycles. The van der Waals surface area contributed by atoms with Crippen LogP contribution in [0.15, 0.2) is 30.3 Å². The zero-order chi connectivity index (χ0) is 43.7. The second-order valence-corrected chi connectivity index (χ2v) is 17.0. The largest absolute Gasteiger partial charge is 0.467 e. The lowest BCUT2D eigenvalue weighted by molar-refractivity contribution is -0.149. The van der Waals surface area contributed by atoms with Gasteiger partial charge in [0.1, 0.15) is 12.1 Å². The summed E-state index contributed by atoms with van der Waals surface area (Å²) in [5.41, 5.74) is 0.877. The number of hydrogen-bond acceptors (Lipinski definition) is 9. The molecule has 9 atom stereocenters. The molecule has 2 rings (SSSR count). The van der Waals surface area contributed by atoms with Gasteiger partial charge in [0.25, 0.3) is 0 Å². The van der Waals surface area contributed by atoms with Gasteiger partial charge in [-0.1, -0.05) is 105 Å². The SMILES string of the molecule is CCCCCN(C)[C@H](C(=O)N[C@H](C(=O)N(C)[C@@H]([C@@H](C)CC)[C@@H](CC(=O)N1CCC[C@H]1[C@H](OC)[C@@H](C)C(=O)N[C@@H](Cc1ccccc1)C(=O)OC)OC)C(C)C)C(C)C. The van der Waals surface area contributed by atoms with E-state index in [9.17, 15) is 24.0 Å². The Labute approximate surface area is 349 Å². The third-order valence-electron chi connectivity index (χ3n) is 12.1. The third kappa shape index (κ3) is 14.0. The molecule has 1 aliphatic heterocycles. The fraction of sp³-hybridized carbons (Fsp3) is 0.756. The minimum absolute atomic E-state index is 0.00874. The highest BCUT2D eigenvalue weighted by atomic mass is 16.5. The summed E-state index contributed by atoms with van der Waals surface area (Å²) in [7, 11) is 8.11. The van der Waals surface area contributed by atoms with Crippen molar-refractivity contribution in [3.63, 3.8) is 0 Å². The molecule has 0 aromatic heterocycles. The van der Waals surface area contributed by atoms with Crippen LogP contribution in [0.5, 0.6) is 0 Å². The number of hydrogen-bond donors (Lipinski definition) is 2. The van der Waals surface area contributed by atoms with Crippen molar-refractivity contribution >= 4 is 29.6 Å². The van der Waals surface area contributed by atoms with E-state index < -0.39 is 48.3 Å². The van der Waals surface area contributed by atoms with Gasteiger partial charge < -0.3 is 34.6 Å². The predicted octanol–water partition coefficient (Wildman–Crippen LogP) is 5.09. The van der Waals surface area contributed by atoms with Gasteiger partial charge in [-0.25, -0.2) is 4.79 Å². The van der Waals surface area contributed by atoms with E-state index in [4.69, 9.17) is 14.2 Å². The van der Waals surface area contributed by atoms with E-state index in [-0.39, 0.29) is 60.3 Å². The average Bonchev–Trinajstić information content (AvgIpc) is 3.68. The summed E-state index contributed by atoms with van der Waals surface area (Å²) in [6, 6.07) is 6.50. The number of unbranched alkanes of at least 4 members (excludes halogenated alkanes) is 2. The van der Waals surface area contributed by atoms with Gasteiger partial charge in [0, 0.05) is 34.2 Å². The molecule has 1 aromatic rings. The second-order valence-electron chi connectivity index (χ2n) is 17.0. The van der Waals surface area contributed by atoms with E-state index in [1.807, 2.05) is 78.9 Å². The number of nitrogens with zero attached hydrogens (tertiary/aromatic N) is 3. The molecule has 0 saturated carbocycles. The first-order valence-electron chi connectivity index (χ1n) is 21.5. The topological polar surface area (TPSA) is 147 Å². The van der Waals surface area contributed by atoms with Gasteiger partial charge >= 0.3 is 5.97 Å². The van der Waals surface area contributed by atoms with Crippen LogP contribution in [0.2, 0.25) is 0 Å². The number of rotatable bonds is 25. The van der Waals surface area contributed by atoms with E-state index in [2.05, 4.69) is 22.5 Å². The first kappa shape index (κ1) is 50.6. The zero-order valence-corrected chi connectivity index (χ0v) is 37.9. The molecule has 58 heavy (non-hydrogen) atoms. The minimum Gasteiger partial charge on any atom is -0.467 e. The molecule has 1 fully saturated rings. The number of carbonyl (C=O) groups is 5. The maximum Gasteiger partial charge on any atom is 0.328 e. The van der Waals surface area contributed by atoms with Gasteiger partial charge in [-0.15, -0.1) is 0 Å². The standard InChI is InChI=1S/C45H77N5O8/c1-14-16-20-25-48(9)39(30(5)6)43(53)47-38(29(3)4)44(54)49(10)40(31(7)15-2)36(56-11)28-37(51)50-26-21-24-35(50)41(57-12)32(8)42(52)46-34(45(55)58-13)27-33-22-18-17-19-23-33/h17-19,22-23,29-32,34-36,38-41H,14-16,20-21,24-28H2,1-13H3,(H,46,52)(H,47,53)/t31-,32+,34-,35-,36+,38-,39-,40-,41+/m0/s1. The summed E-state index contributed by atoms with van der Waals surface area (Å²) in [5, 5.41) is 5.99. The van der Waals surface area contributed by atoms with Crippen LogP contribution in [0.1, 0.15) is 106 Å². The number of likely N-dealkylation sites (tertiary alicyclic amines) is 1. The van der Waals surface area contributed by atoms with Crippen molar-refractivity contribution in [3.8, 4) is 0 Å². The number of benzene rings is 1. The number of nitrogens with one attached hydrogen (secondary N) is 2. The van der Waals surface area contributed by atoms with Crippen LogP contribution >= 0.6 is 0 Å².